The van der Waals surface area contributed by atoms with Gasteiger partial charge in [-0.2, -0.15) is 4.89 Å². The van der Waals surface area contributed by atoms with Crippen molar-refractivity contribution in [1.82, 2.24) is 0 Å². The molecule has 0 aromatic carbocycles. The van der Waals surface area contributed by atoms with Crippen LogP contribution in [0.2, 0.25) is 0 Å². The number of hydrogen-bond donors (Lipinski definition) is 0. The second-order valence-electron chi connectivity index (χ2n) is 0.790. The Hall–Kier alpha value is -0.940. The molecule has 0 radical (unpaired) electrons. The van der Waals surface area contributed by atoms with Crippen LogP contribution in [0, 0.1) is 4.91 Å². The smallest absolute Gasteiger partial charge is 0.190 e. The van der Waals surface area contributed by atoms with E-state index in [1.807, 2.05) is 5.34 Å². The summed E-state index contributed by atoms with van der Waals surface area (Å²) in [7, 11) is 0. The van der Waals surface area contributed by atoms with E-state index in [-0.39, 0.29) is 6.61 Å². The molecular weight excluding hydrogens is 114 g/mol. The van der Waals surface area contributed by atoms with Gasteiger partial charge in [0.05, 0.1) is 0 Å². The zero-order valence-corrected chi connectivity index (χ0v) is 4.07. The van der Waals surface area contributed by atoms with Crippen molar-refractivity contribution < 1.29 is 14.9 Å². The summed E-state index contributed by atoms with van der Waals surface area (Å²) in [4.78, 5) is 16.6. The molecule has 0 rings (SSSR count). The van der Waals surface area contributed by atoms with Crippen LogP contribution >= 0.6 is 0 Å². The van der Waals surface area contributed by atoms with Crippen LogP contribution in [0.5, 0.6) is 0 Å². The Morgan fingerprint density at radius 3 is 3.00 bits per heavy atom. The van der Waals surface area contributed by atoms with Crippen LogP contribution in [0.4, 0.5) is 0 Å². The molecule has 0 bridgehead atoms. The van der Waals surface area contributed by atoms with Gasteiger partial charge in [0.2, 0.25) is 0 Å². The highest BCUT2D eigenvalue weighted by atomic mass is 17.5. The number of nitrogens with zero attached hydrogens (tertiary/aromatic N) is 1. The number of rotatable bonds is 5. The van der Waals surface area contributed by atoms with E-state index in [2.05, 4.69) is 21.5 Å². The highest BCUT2D eigenvalue weighted by Crippen LogP contribution is 1.79. The van der Waals surface area contributed by atoms with Gasteiger partial charge in [0.25, 0.3) is 0 Å². The summed E-state index contributed by atoms with van der Waals surface area (Å²) in [5, 5.41) is 5.55. The van der Waals surface area contributed by atoms with Crippen molar-refractivity contribution in [3.05, 3.63) is 17.6 Å². The molecule has 0 saturated heterocycles. The third-order valence-corrected chi connectivity index (χ3v) is 0.295. The zero-order chi connectivity index (χ0) is 6.24. The second-order valence-corrected chi connectivity index (χ2v) is 0.790. The average Bonchev–Trinajstić information content (AvgIpc) is 1.81. The Balaban J connectivity index is 2.71. The molecule has 0 aliphatic rings. The van der Waals surface area contributed by atoms with Gasteiger partial charge in [-0.15, -0.1) is 16.5 Å². The number of hydrogen-bond acceptors (Lipinski definition) is 5. The summed E-state index contributed by atoms with van der Waals surface area (Å²) in [6, 6.07) is 0. The highest BCUT2D eigenvalue weighted by Gasteiger charge is 1.80. The molecule has 0 aromatic heterocycles. The van der Waals surface area contributed by atoms with E-state index in [4.69, 9.17) is 4.91 Å². The fourth-order valence-corrected chi connectivity index (χ4v) is 0.110. The van der Waals surface area contributed by atoms with Gasteiger partial charge in [0.1, 0.15) is 6.61 Å². The van der Waals surface area contributed by atoms with Crippen molar-refractivity contribution in [2.24, 2.45) is 5.34 Å². The van der Waals surface area contributed by atoms with Gasteiger partial charge in [-0.1, -0.05) is 6.08 Å². The first-order valence-corrected chi connectivity index (χ1v) is 1.80. The quantitative estimate of drug-likeness (QED) is 0.176. The predicted octanol–water partition coefficient (Wildman–Crippen LogP) is 0.734. The fraction of sp³-hybridized carbons (Fsp3) is 0.333. The van der Waals surface area contributed by atoms with E-state index in [1.165, 1.54) is 6.08 Å². The molecule has 0 heterocycles. The van der Waals surface area contributed by atoms with Gasteiger partial charge in [-0.25, -0.2) is 0 Å². The van der Waals surface area contributed by atoms with Crippen LogP contribution in [-0.2, 0) is 14.9 Å². The SMILES string of the molecule is C=CCOOON=O. The normalized spacial score (nSPS) is 8.00. The van der Waals surface area contributed by atoms with Crippen LogP contribution < -0.4 is 0 Å². The maximum absolute atomic E-state index is 9.06. The monoisotopic (exact) mass is 119 g/mol. The van der Waals surface area contributed by atoms with Crippen LogP contribution in [0.1, 0.15) is 0 Å². The van der Waals surface area contributed by atoms with E-state index in [0.29, 0.717) is 0 Å². The summed E-state index contributed by atoms with van der Waals surface area (Å²) < 4.78 is 0. The predicted molar refractivity (Wildman–Crippen MR) is 24.1 cm³/mol. The van der Waals surface area contributed by atoms with Crippen LogP contribution in [0.15, 0.2) is 18.0 Å². The van der Waals surface area contributed by atoms with Crippen LogP contribution in [0.3, 0.4) is 0 Å². The van der Waals surface area contributed by atoms with Gasteiger partial charge < -0.3 is 0 Å². The molecular formula is C3H5NO4. The van der Waals surface area contributed by atoms with Gasteiger partial charge in [0, 0.05) is 5.04 Å². The van der Waals surface area contributed by atoms with Crippen molar-refractivity contribution in [2.45, 2.75) is 0 Å². The maximum atomic E-state index is 9.06. The molecule has 0 aliphatic carbocycles. The van der Waals surface area contributed by atoms with Gasteiger partial charge in [-0.3, -0.25) is 0 Å². The largest absolute Gasteiger partial charge is 0.193 e. The molecule has 0 amide bonds. The Morgan fingerprint density at radius 2 is 2.50 bits per heavy atom. The van der Waals surface area contributed by atoms with Crippen molar-refractivity contribution in [3.8, 4) is 0 Å². The molecule has 8 heavy (non-hydrogen) atoms. The first-order valence-electron chi connectivity index (χ1n) is 1.80. The minimum Gasteiger partial charge on any atom is -0.190 e. The Morgan fingerprint density at radius 1 is 1.75 bits per heavy atom. The molecule has 5 nitrogen and oxygen atoms in total. The van der Waals surface area contributed by atoms with Crippen LogP contribution in [0.25, 0.3) is 0 Å². The summed E-state index contributed by atoms with van der Waals surface area (Å²) in [5.74, 6) is 0. The van der Waals surface area contributed by atoms with E-state index >= 15 is 0 Å². The van der Waals surface area contributed by atoms with E-state index in [1.54, 1.807) is 0 Å². The minimum absolute atomic E-state index is 0.148. The van der Waals surface area contributed by atoms with Gasteiger partial charge >= 0.3 is 0 Å². The minimum atomic E-state index is 0.148. The van der Waals surface area contributed by atoms with Crippen molar-refractivity contribution >= 4 is 0 Å². The first kappa shape index (κ1) is 7.06. The van der Waals surface area contributed by atoms with Gasteiger partial charge in [0.15, 0.2) is 5.34 Å². The van der Waals surface area contributed by atoms with Crippen molar-refractivity contribution in [1.29, 1.82) is 0 Å². The third kappa shape index (κ3) is 5.06. The lowest BCUT2D eigenvalue weighted by molar-refractivity contribution is -0.511. The molecule has 0 N–H and O–H groups in total. The highest BCUT2D eigenvalue weighted by molar-refractivity contribution is 4.61. The molecule has 0 spiro atoms. The lowest BCUT2D eigenvalue weighted by atomic mass is 10.7. The maximum Gasteiger partial charge on any atom is 0.193 e. The summed E-state index contributed by atoms with van der Waals surface area (Å²) >= 11 is 0. The standard InChI is InChI=1S/C3H5NO4/c1-2-3-6-8-7-4-5/h2H,1,3H2. The Kier molecular flexibility index (Phi) is 5.35. The summed E-state index contributed by atoms with van der Waals surface area (Å²) in [6.45, 7) is 3.44. The fourth-order valence-electron chi connectivity index (χ4n) is 0.110. The lowest BCUT2D eigenvalue weighted by Gasteiger charge is -1.89. The van der Waals surface area contributed by atoms with E-state index in [0.717, 1.165) is 0 Å². The Bertz CT molecular complexity index is 63.7. The molecule has 5 heteroatoms. The van der Waals surface area contributed by atoms with Crippen molar-refractivity contribution in [3.63, 3.8) is 0 Å². The van der Waals surface area contributed by atoms with Crippen LogP contribution in [-0.4, -0.2) is 6.61 Å². The third-order valence-electron chi connectivity index (χ3n) is 0.295. The molecule has 0 atom stereocenters. The van der Waals surface area contributed by atoms with E-state index < -0.39 is 0 Å². The molecule has 0 fully saturated rings. The summed E-state index contributed by atoms with van der Waals surface area (Å²) in [5.41, 5.74) is 0. The summed E-state index contributed by atoms with van der Waals surface area (Å²) in [6.07, 6.45) is 1.42. The molecule has 0 aromatic rings. The first-order chi connectivity index (χ1) is 3.91. The van der Waals surface area contributed by atoms with Gasteiger partial charge in [-0.05, 0) is 0 Å². The second kappa shape index (κ2) is 6.06. The average molecular weight is 119 g/mol. The van der Waals surface area contributed by atoms with Crippen molar-refractivity contribution in [2.75, 3.05) is 6.61 Å². The topological polar surface area (TPSA) is 57.1 Å². The zero-order valence-electron chi connectivity index (χ0n) is 4.07. The van der Waals surface area contributed by atoms with E-state index in [9.17, 15) is 0 Å². The molecule has 0 unspecified atom stereocenters. The lowest BCUT2D eigenvalue weighted by Crippen LogP contribution is -1.90. The molecule has 0 aliphatic heterocycles. The molecule has 46 valence electrons. The Labute approximate surface area is 45.6 Å². The molecule has 0 saturated carbocycles.